The second kappa shape index (κ2) is 5.88. The van der Waals surface area contributed by atoms with Gasteiger partial charge in [0.2, 0.25) is 5.91 Å². The van der Waals surface area contributed by atoms with Crippen LogP contribution in [0.1, 0.15) is 18.7 Å². The van der Waals surface area contributed by atoms with E-state index in [4.69, 9.17) is 0 Å². The van der Waals surface area contributed by atoms with Crippen LogP contribution in [0.25, 0.3) is 0 Å². The van der Waals surface area contributed by atoms with Crippen LogP contribution in [-0.2, 0) is 11.2 Å². The van der Waals surface area contributed by atoms with Crippen LogP contribution in [0.5, 0.6) is 0 Å². The first kappa shape index (κ1) is 12.2. The monoisotopic (exact) mass is 226 g/mol. The molecule has 1 unspecified atom stereocenters. The highest BCUT2D eigenvalue weighted by Gasteiger charge is 2.13. The lowest BCUT2D eigenvalue weighted by atomic mass is 10.2. The van der Waals surface area contributed by atoms with Crippen molar-refractivity contribution in [1.29, 1.82) is 0 Å². The van der Waals surface area contributed by atoms with Gasteiger partial charge in [-0.3, -0.25) is 4.79 Å². The van der Waals surface area contributed by atoms with Crippen molar-refractivity contribution in [3.05, 3.63) is 22.4 Å². The van der Waals surface area contributed by atoms with Crippen LogP contribution in [0.2, 0.25) is 0 Å². The van der Waals surface area contributed by atoms with E-state index in [9.17, 15) is 4.79 Å². The second-order valence-electron chi connectivity index (χ2n) is 3.69. The van der Waals surface area contributed by atoms with E-state index >= 15 is 0 Å². The summed E-state index contributed by atoms with van der Waals surface area (Å²) in [6.07, 6.45) is 0.971. The molecule has 0 fully saturated rings. The number of rotatable bonds is 5. The molecule has 84 valence electrons. The number of carbonyl (C=O) groups excluding carboxylic acids is 1. The molecule has 1 aromatic rings. The molecule has 0 saturated carbocycles. The Balaban J connectivity index is 2.35. The lowest BCUT2D eigenvalue weighted by Crippen LogP contribution is -2.45. The van der Waals surface area contributed by atoms with Gasteiger partial charge in [-0.1, -0.05) is 6.07 Å². The highest BCUT2D eigenvalue weighted by molar-refractivity contribution is 7.09. The number of likely N-dealkylation sites (N-methyl/N-ethyl adjacent to an activating group) is 1. The second-order valence-corrected chi connectivity index (χ2v) is 4.72. The van der Waals surface area contributed by atoms with E-state index in [-0.39, 0.29) is 11.9 Å². The molecule has 0 saturated heterocycles. The minimum absolute atomic E-state index is 0.0352. The maximum Gasteiger partial charge on any atom is 0.236 e. The van der Waals surface area contributed by atoms with Crippen LogP contribution >= 0.6 is 11.3 Å². The topological polar surface area (TPSA) is 41.1 Å². The van der Waals surface area contributed by atoms with Gasteiger partial charge < -0.3 is 10.6 Å². The molecule has 4 heteroatoms. The van der Waals surface area contributed by atoms with Crippen LogP contribution < -0.4 is 10.6 Å². The molecule has 1 aromatic heterocycles. The molecule has 3 nitrogen and oxygen atoms in total. The zero-order valence-electron chi connectivity index (χ0n) is 9.41. The number of thiophene rings is 1. The van der Waals surface area contributed by atoms with Crippen LogP contribution in [0.15, 0.2) is 17.5 Å². The summed E-state index contributed by atoms with van der Waals surface area (Å²) in [5, 5.41) is 7.97. The Bertz CT molecular complexity index is 298. The molecular weight excluding hydrogens is 208 g/mol. The molecule has 2 N–H and O–H groups in total. The maximum absolute atomic E-state index is 11.3. The molecule has 0 bridgehead atoms. The fourth-order valence-corrected chi connectivity index (χ4v) is 2.34. The fourth-order valence-electron chi connectivity index (χ4n) is 1.51. The average molecular weight is 226 g/mol. The van der Waals surface area contributed by atoms with Crippen LogP contribution in [-0.4, -0.2) is 25.0 Å². The first-order valence-corrected chi connectivity index (χ1v) is 6.01. The Morgan fingerprint density at radius 3 is 2.80 bits per heavy atom. The highest BCUT2D eigenvalue weighted by Crippen LogP contribution is 2.11. The summed E-state index contributed by atoms with van der Waals surface area (Å²) in [6, 6.07) is 4.35. The van der Waals surface area contributed by atoms with E-state index in [0.717, 1.165) is 6.42 Å². The van der Waals surface area contributed by atoms with E-state index < -0.39 is 0 Å². The normalized spacial score (nSPS) is 14.6. The molecule has 1 heterocycles. The Morgan fingerprint density at radius 2 is 2.27 bits per heavy atom. The molecule has 1 rings (SSSR count). The molecule has 0 aliphatic heterocycles. The Labute approximate surface area is 94.9 Å². The summed E-state index contributed by atoms with van der Waals surface area (Å²) in [4.78, 5) is 12.6. The number of carbonyl (C=O) groups is 1. The van der Waals surface area contributed by atoms with Crippen molar-refractivity contribution in [2.75, 3.05) is 7.05 Å². The van der Waals surface area contributed by atoms with Crippen LogP contribution in [0.3, 0.4) is 0 Å². The van der Waals surface area contributed by atoms with Gasteiger partial charge in [0, 0.05) is 18.0 Å². The predicted octanol–water partition coefficient (Wildman–Crippen LogP) is 1.40. The zero-order valence-corrected chi connectivity index (χ0v) is 10.2. The maximum atomic E-state index is 11.3. The number of hydrogen-bond donors (Lipinski definition) is 2. The number of nitrogens with one attached hydrogen (secondary N) is 2. The van der Waals surface area contributed by atoms with E-state index in [1.54, 1.807) is 18.4 Å². The summed E-state index contributed by atoms with van der Waals surface area (Å²) >= 11 is 1.75. The van der Waals surface area contributed by atoms with Gasteiger partial charge in [0.1, 0.15) is 0 Å². The van der Waals surface area contributed by atoms with Crippen molar-refractivity contribution in [3.8, 4) is 0 Å². The molecule has 0 radical (unpaired) electrons. The third-order valence-corrected chi connectivity index (χ3v) is 3.16. The molecular formula is C11H18N2OS. The van der Waals surface area contributed by atoms with Crippen molar-refractivity contribution in [1.82, 2.24) is 10.6 Å². The summed E-state index contributed by atoms with van der Waals surface area (Å²) < 4.78 is 0. The minimum atomic E-state index is -0.134. The molecule has 0 spiro atoms. The van der Waals surface area contributed by atoms with Gasteiger partial charge in [-0.25, -0.2) is 0 Å². The molecule has 0 aromatic carbocycles. The molecule has 15 heavy (non-hydrogen) atoms. The van der Waals surface area contributed by atoms with Crippen molar-refractivity contribution < 1.29 is 4.79 Å². The fraction of sp³-hybridized carbons (Fsp3) is 0.545. The van der Waals surface area contributed by atoms with E-state index in [0.29, 0.717) is 6.04 Å². The van der Waals surface area contributed by atoms with E-state index in [1.807, 2.05) is 6.92 Å². The lowest BCUT2D eigenvalue weighted by Gasteiger charge is -2.18. The minimum Gasteiger partial charge on any atom is -0.358 e. The van der Waals surface area contributed by atoms with E-state index in [1.165, 1.54) is 4.88 Å². The van der Waals surface area contributed by atoms with E-state index in [2.05, 4.69) is 35.1 Å². The molecule has 2 atom stereocenters. The van der Waals surface area contributed by atoms with Gasteiger partial charge in [0.05, 0.1) is 6.04 Å². The Kier molecular flexibility index (Phi) is 4.78. The SMILES string of the molecule is CNC(=O)[C@@H](C)NC(C)Cc1cccs1. The van der Waals surface area contributed by atoms with Gasteiger partial charge >= 0.3 is 0 Å². The largest absolute Gasteiger partial charge is 0.358 e. The van der Waals surface area contributed by atoms with Crippen molar-refractivity contribution >= 4 is 17.2 Å². The summed E-state index contributed by atoms with van der Waals surface area (Å²) in [5.74, 6) is 0.0352. The summed E-state index contributed by atoms with van der Waals surface area (Å²) in [7, 11) is 1.66. The summed E-state index contributed by atoms with van der Waals surface area (Å²) in [6.45, 7) is 3.98. The third kappa shape index (κ3) is 4.01. The summed E-state index contributed by atoms with van der Waals surface area (Å²) in [5.41, 5.74) is 0. The quantitative estimate of drug-likeness (QED) is 0.797. The average Bonchev–Trinajstić information content (AvgIpc) is 2.68. The van der Waals surface area contributed by atoms with Gasteiger partial charge in [-0.2, -0.15) is 0 Å². The van der Waals surface area contributed by atoms with Gasteiger partial charge in [0.15, 0.2) is 0 Å². The van der Waals surface area contributed by atoms with Crippen LogP contribution in [0.4, 0.5) is 0 Å². The van der Waals surface area contributed by atoms with Gasteiger partial charge in [-0.15, -0.1) is 11.3 Å². The van der Waals surface area contributed by atoms with Crippen molar-refractivity contribution in [2.24, 2.45) is 0 Å². The first-order chi connectivity index (χ1) is 7.13. The van der Waals surface area contributed by atoms with Gasteiger partial charge in [0.25, 0.3) is 0 Å². The smallest absolute Gasteiger partial charge is 0.236 e. The van der Waals surface area contributed by atoms with Crippen molar-refractivity contribution in [2.45, 2.75) is 32.4 Å². The number of hydrogen-bond acceptors (Lipinski definition) is 3. The molecule has 0 aliphatic carbocycles. The Morgan fingerprint density at radius 1 is 1.53 bits per heavy atom. The molecule has 0 aliphatic rings. The molecule has 1 amide bonds. The third-order valence-electron chi connectivity index (χ3n) is 2.26. The van der Waals surface area contributed by atoms with Crippen LogP contribution in [0, 0.1) is 0 Å². The Hall–Kier alpha value is -0.870. The lowest BCUT2D eigenvalue weighted by molar-refractivity contribution is -0.122. The highest BCUT2D eigenvalue weighted by atomic mass is 32.1. The predicted molar refractivity (Wildman–Crippen MR) is 64.1 cm³/mol. The zero-order chi connectivity index (χ0) is 11.3. The standard InChI is InChI=1S/C11H18N2OS/c1-8(7-10-5-4-6-15-10)13-9(2)11(14)12-3/h4-6,8-9,13H,7H2,1-3H3,(H,12,14)/t8?,9-/m1/s1. The number of amides is 1. The van der Waals surface area contributed by atoms with Gasteiger partial charge in [-0.05, 0) is 31.7 Å². The first-order valence-electron chi connectivity index (χ1n) is 5.13. The van der Waals surface area contributed by atoms with Crippen molar-refractivity contribution in [3.63, 3.8) is 0 Å².